The Balaban J connectivity index is 1.54. The number of ether oxygens (including phenoxy) is 3. The summed E-state index contributed by atoms with van der Waals surface area (Å²) in [5, 5.41) is 3.43. The van der Waals surface area contributed by atoms with Gasteiger partial charge >= 0.3 is 5.97 Å². The number of hydrogen-bond acceptors (Lipinski definition) is 6. The van der Waals surface area contributed by atoms with E-state index in [1.165, 1.54) is 0 Å². The van der Waals surface area contributed by atoms with Crippen LogP contribution in [0.1, 0.15) is 61.6 Å². The van der Waals surface area contributed by atoms with Gasteiger partial charge in [-0.25, -0.2) is 4.79 Å². The van der Waals surface area contributed by atoms with Gasteiger partial charge in [0, 0.05) is 29.3 Å². The van der Waals surface area contributed by atoms with E-state index >= 15 is 0 Å². The van der Waals surface area contributed by atoms with E-state index in [1.54, 1.807) is 7.11 Å². The lowest BCUT2D eigenvalue weighted by Gasteiger charge is -2.37. The number of rotatable bonds is 9. The molecule has 0 amide bonds. The third kappa shape index (κ3) is 5.67. The molecule has 3 aromatic rings. The third-order valence-corrected chi connectivity index (χ3v) is 7.51. The fourth-order valence-electron chi connectivity index (χ4n) is 5.60. The second-order valence-corrected chi connectivity index (χ2v) is 10.2. The summed E-state index contributed by atoms with van der Waals surface area (Å²) in [5.41, 5.74) is 5.42. The van der Waals surface area contributed by atoms with E-state index in [0.29, 0.717) is 47.8 Å². The van der Waals surface area contributed by atoms with Crippen LogP contribution < -0.4 is 14.8 Å². The molecule has 0 aromatic heterocycles. The summed E-state index contributed by atoms with van der Waals surface area (Å²) in [5.74, 6) is 0.251. The van der Waals surface area contributed by atoms with Gasteiger partial charge in [0.2, 0.25) is 0 Å². The highest BCUT2D eigenvalue weighted by atomic mass is 16.5. The number of Topliss-reactive ketones (excluding diaryl/α,β-unsaturated/α-hetero) is 1. The molecule has 6 nitrogen and oxygen atoms in total. The van der Waals surface area contributed by atoms with Crippen LogP contribution in [0.2, 0.25) is 0 Å². The first-order valence-corrected chi connectivity index (χ1v) is 13.8. The summed E-state index contributed by atoms with van der Waals surface area (Å²) >= 11 is 0. The van der Waals surface area contributed by atoms with E-state index in [4.69, 9.17) is 14.2 Å². The number of carbonyl (C=O) groups is 2. The van der Waals surface area contributed by atoms with Gasteiger partial charge in [0.1, 0.15) is 6.61 Å². The molecule has 1 N–H and O–H groups in total. The summed E-state index contributed by atoms with van der Waals surface area (Å²) in [6.45, 7) is 4.63. The fraction of sp³-hybridized carbons (Fsp3) is 0.294. The summed E-state index contributed by atoms with van der Waals surface area (Å²) in [6, 6.07) is 25.3. The number of methoxy groups -OCH3 is 1. The SMILES string of the molecule is CCCOc1ccc([C@@H]2C(C(=O)OCc3ccccc3)=C(C)NC3=C2C(=O)C[C@@H](c2ccccc2)C3)cc1OC. The molecule has 0 saturated carbocycles. The minimum atomic E-state index is -0.585. The standard InChI is InChI=1S/C34H35NO5/c1-4-17-39-29-16-15-25(20-30(29)38-3)32-31(34(37)40-21-23-11-7-5-8-12-23)22(2)35-27-18-26(19-28(36)33(27)32)24-13-9-6-10-14-24/h5-16,20,26,32,35H,4,17-19,21H2,1-3H3/t26-,32+/m0/s1. The summed E-state index contributed by atoms with van der Waals surface area (Å²) < 4.78 is 17.3. The number of hydrogen-bond donors (Lipinski definition) is 1. The zero-order valence-electron chi connectivity index (χ0n) is 23.2. The van der Waals surface area contributed by atoms with E-state index < -0.39 is 11.9 Å². The predicted molar refractivity (Wildman–Crippen MR) is 154 cm³/mol. The highest BCUT2D eigenvalue weighted by molar-refractivity contribution is 6.04. The van der Waals surface area contributed by atoms with Crippen molar-refractivity contribution in [1.82, 2.24) is 5.32 Å². The summed E-state index contributed by atoms with van der Waals surface area (Å²) in [4.78, 5) is 27.6. The van der Waals surface area contributed by atoms with E-state index in [-0.39, 0.29) is 18.3 Å². The lowest BCUT2D eigenvalue weighted by Crippen LogP contribution is -2.36. The molecule has 0 bridgehead atoms. The normalized spacial score (nSPS) is 18.6. The Hall–Kier alpha value is -4.32. The van der Waals surface area contributed by atoms with Gasteiger partial charge in [-0.2, -0.15) is 0 Å². The summed E-state index contributed by atoms with van der Waals surface area (Å²) in [7, 11) is 1.59. The first-order chi connectivity index (χ1) is 19.5. The van der Waals surface area contributed by atoms with Crippen molar-refractivity contribution in [2.45, 2.75) is 51.6 Å². The third-order valence-electron chi connectivity index (χ3n) is 7.51. The monoisotopic (exact) mass is 537 g/mol. The number of carbonyl (C=O) groups excluding carboxylic acids is 2. The highest BCUT2D eigenvalue weighted by Crippen LogP contribution is 2.47. The van der Waals surface area contributed by atoms with E-state index in [9.17, 15) is 9.59 Å². The van der Waals surface area contributed by atoms with Crippen LogP contribution in [0.25, 0.3) is 0 Å². The molecule has 5 rings (SSSR count). The first-order valence-electron chi connectivity index (χ1n) is 13.8. The van der Waals surface area contributed by atoms with Crippen LogP contribution in [-0.4, -0.2) is 25.5 Å². The van der Waals surface area contributed by atoms with Crippen molar-refractivity contribution in [3.05, 3.63) is 118 Å². The van der Waals surface area contributed by atoms with Gasteiger partial charge in [-0.15, -0.1) is 0 Å². The van der Waals surface area contributed by atoms with Crippen molar-refractivity contribution in [1.29, 1.82) is 0 Å². The molecule has 1 aliphatic heterocycles. The number of allylic oxidation sites excluding steroid dienone is 3. The Morgan fingerprint density at radius 3 is 2.35 bits per heavy atom. The molecule has 0 spiro atoms. The highest BCUT2D eigenvalue weighted by Gasteiger charge is 2.41. The van der Waals surface area contributed by atoms with Crippen molar-refractivity contribution < 1.29 is 23.8 Å². The van der Waals surface area contributed by atoms with Crippen LogP contribution in [0, 0.1) is 0 Å². The number of ketones is 1. The van der Waals surface area contributed by atoms with E-state index in [1.807, 2.05) is 80.6 Å². The minimum Gasteiger partial charge on any atom is -0.493 e. The molecule has 206 valence electrons. The molecular formula is C34H35NO5. The molecule has 0 unspecified atom stereocenters. The van der Waals surface area contributed by atoms with Crippen LogP contribution in [0.15, 0.2) is 101 Å². The number of esters is 1. The maximum absolute atomic E-state index is 13.9. The quantitative estimate of drug-likeness (QED) is 0.311. The lowest BCUT2D eigenvalue weighted by atomic mass is 9.71. The van der Waals surface area contributed by atoms with Crippen LogP contribution in [0.4, 0.5) is 0 Å². The molecule has 6 heteroatoms. The van der Waals surface area contributed by atoms with Gasteiger partial charge in [0.15, 0.2) is 17.3 Å². The molecule has 0 saturated heterocycles. The lowest BCUT2D eigenvalue weighted by molar-refractivity contribution is -0.140. The average molecular weight is 538 g/mol. The zero-order valence-corrected chi connectivity index (χ0v) is 23.2. The van der Waals surface area contributed by atoms with Gasteiger partial charge in [0.05, 0.1) is 19.3 Å². The Morgan fingerprint density at radius 2 is 1.65 bits per heavy atom. The summed E-state index contributed by atoms with van der Waals surface area (Å²) in [6.07, 6.45) is 1.92. The fourth-order valence-corrected chi connectivity index (χ4v) is 5.60. The van der Waals surface area contributed by atoms with Crippen molar-refractivity contribution in [3.63, 3.8) is 0 Å². The molecule has 0 fully saturated rings. The second kappa shape index (κ2) is 12.2. The largest absolute Gasteiger partial charge is 0.493 e. The van der Waals surface area contributed by atoms with E-state index in [2.05, 4.69) is 17.4 Å². The van der Waals surface area contributed by atoms with Crippen molar-refractivity contribution in [2.24, 2.45) is 0 Å². The topological polar surface area (TPSA) is 73.9 Å². The van der Waals surface area contributed by atoms with Crippen LogP contribution in [-0.2, 0) is 20.9 Å². The minimum absolute atomic E-state index is 0.0266. The van der Waals surface area contributed by atoms with Crippen LogP contribution >= 0.6 is 0 Å². The zero-order chi connectivity index (χ0) is 28.1. The van der Waals surface area contributed by atoms with Gasteiger partial charge < -0.3 is 19.5 Å². The molecular weight excluding hydrogens is 502 g/mol. The van der Waals surface area contributed by atoms with Crippen molar-refractivity contribution in [2.75, 3.05) is 13.7 Å². The predicted octanol–water partition coefficient (Wildman–Crippen LogP) is 6.59. The molecule has 2 aliphatic rings. The maximum atomic E-state index is 13.9. The van der Waals surface area contributed by atoms with Gasteiger partial charge in [-0.1, -0.05) is 73.7 Å². The Morgan fingerprint density at radius 1 is 0.925 bits per heavy atom. The molecule has 1 heterocycles. The first kappa shape index (κ1) is 27.3. The molecule has 0 radical (unpaired) electrons. The maximum Gasteiger partial charge on any atom is 0.337 e. The van der Waals surface area contributed by atoms with Crippen molar-refractivity contribution >= 4 is 11.8 Å². The smallest absolute Gasteiger partial charge is 0.337 e. The van der Waals surface area contributed by atoms with Gasteiger partial charge in [-0.05, 0) is 54.5 Å². The Kier molecular flexibility index (Phi) is 8.34. The molecule has 1 aliphatic carbocycles. The Bertz CT molecular complexity index is 1440. The molecule has 2 atom stereocenters. The van der Waals surface area contributed by atoms with Crippen LogP contribution in [0.3, 0.4) is 0 Å². The van der Waals surface area contributed by atoms with Gasteiger partial charge in [0.25, 0.3) is 0 Å². The molecule has 40 heavy (non-hydrogen) atoms. The number of nitrogens with one attached hydrogen (secondary N) is 1. The average Bonchev–Trinajstić information content (AvgIpc) is 2.99. The van der Waals surface area contributed by atoms with Gasteiger partial charge in [-0.3, -0.25) is 4.79 Å². The van der Waals surface area contributed by atoms with E-state index in [0.717, 1.165) is 28.8 Å². The van der Waals surface area contributed by atoms with Crippen molar-refractivity contribution in [3.8, 4) is 11.5 Å². The number of benzene rings is 3. The second-order valence-electron chi connectivity index (χ2n) is 10.2. The number of dihydropyridines is 1. The van der Waals surface area contributed by atoms with Crippen LogP contribution in [0.5, 0.6) is 11.5 Å². The Labute approximate surface area is 235 Å². The molecule has 3 aromatic carbocycles.